The Kier molecular flexibility index (Phi) is 3.61. The third kappa shape index (κ3) is 2.65. The summed E-state index contributed by atoms with van der Waals surface area (Å²) in [5, 5.41) is 21.6. The highest BCUT2D eigenvalue weighted by Crippen LogP contribution is 2.29. The van der Waals surface area contributed by atoms with Crippen molar-refractivity contribution in [1.82, 2.24) is 34.6 Å². The van der Waals surface area contributed by atoms with Gasteiger partial charge < -0.3 is 9.47 Å². The maximum Gasteiger partial charge on any atom is 0.177 e. The van der Waals surface area contributed by atoms with Gasteiger partial charge >= 0.3 is 0 Å². The smallest absolute Gasteiger partial charge is 0.177 e. The Morgan fingerprint density at radius 2 is 1.96 bits per heavy atom. The Labute approximate surface area is 145 Å². The molecule has 3 aromatic rings. The predicted octanol–water partition coefficient (Wildman–Crippen LogP) is 1.83. The standard InChI is InChI=1S/C17H22N8/c1-2-6-14-20-21-17(24(14)10-3-1)13-5-4-9-23(11-13)16-8-7-15-19-18-12-25(15)22-16/h7-8,12-13H,1-6,9-11H2. The van der Waals surface area contributed by atoms with E-state index < -0.39 is 0 Å². The van der Waals surface area contributed by atoms with Crippen LogP contribution in [-0.4, -0.2) is 47.7 Å². The highest BCUT2D eigenvalue weighted by molar-refractivity contribution is 5.45. The summed E-state index contributed by atoms with van der Waals surface area (Å²) >= 11 is 0. The first kappa shape index (κ1) is 14.8. The largest absolute Gasteiger partial charge is 0.354 e. The van der Waals surface area contributed by atoms with Crippen LogP contribution < -0.4 is 4.90 Å². The van der Waals surface area contributed by atoms with Gasteiger partial charge in [-0.1, -0.05) is 6.42 Å². The van der Waals surface area contributed by atoms with E-state index in [2.05, 4.69) is 35.0 Å². The van der Waals surface area contributed by atoms with E-state index in [-0.39, 0.29) is 0 Å². The third-order valence-electron chi connectivity index (χ3n) is 5.40. The number of rotatable bonds is 2. The molecule has 0 aromatic carbocycles. The maximum atomic E-state index is 4.65. The van der Waals surface area contributed by atoms with Crippen LogP contribution in [0.15, 0.2) is 18.5 Å². The molecule has 1 fully saturated rings. The minimum Gasteiger partial charge on any atom is -0.354 e. The molecule has 1 atom stereocenters. The molecule has 1 unspecified atom stereocenters. The molecule has 130 valence electrons. The number of anilines is 1. The predicted molar refractivity (Wildman–Crippen MR) is 92.5 cm³/mol. The first-order valence-electron chi connectivity index (χ1n) is 9.22. The molecule has 0 bridgehead atoms. The maximum absolute atomic E-state index is 4.65. The van der Waals surface area contributed by atoms with Gasteiger partial charge in [0.1, 0.15) is 23.8 Å². The molecule has 5 heterocycles. The lowest BCUT2D eigenvalue weighted by molar-refractivity contribution is 0.462. The van der Waals surface area contributed by atoms with Crippen molar-refractivity contribution in [2.24, 2.45) is 0 Å². The van der Waals surface area contributed by atoms with Gasteiger partial charge in [0, 0.05) is 32.0 Å². The van der Waals surface area contributed by atoms with Gasteiger partial charge in [-0.15, -0.1) is 25.5 Å². The number of aryl methyl sites for hydroxylation is 1. The summed E-state index contributed by atoms with van der Waals surface area (Å²) in [6.07, 6.45) is 8.80. The number of piperidine rings is 1. The van der Waals surface area contributed by atoms with Crippen molar-refractivity contribution >= 4 is 11.5 Å². The van der Waals surface area contributed by atoms with Gasteiger partial charge in [0.05, 0.1) is 0 Å². The molecule has 5 rings (SSSR count). The molecule has 25 heavy (non-hydrogen) atoms. The van der Waals surface area contributed by atoms with Crippen LogP contribution in [0.2, 0.25) is 0 Å². The Balaban J connectivity index is 1.41. The lowest BCUT2D eigenvalue weighted by Crippen LogP contribution is -2.36. The van der Waals surface area contributed by atoms with Gasteiger partial charge in [0.2, 0.25) is 0 Å². The Hall–Kier alpha value is -2.51. The highest BCUT2D eigenvalue weighted by atomic mass is 15.4. The van der Waals surface area contributed by atoms with E-state index in [9.17, 15) is 0 Å². The fraction of sp³-hybridized carbons (Fsp3) is 0.588. The summed E-state index contributed by atoms with van der Waals surface area (Å²) in [7, 11) is 0. The topological polar surface area (TPSA) is 77.0 Å². The number of nitrogens with zero attached hydrogens (tertiary/aromatic N) is 8. The van der Waals surface area contributed by atoms with Crippen LogP contribution in [0.5, 0.6) is 0 Å². The Bertz CT molecular complexity index is 882. The monoisotopic (exact) mass is 338 g/mol. The van der Waals surface area contributed by atoms with E-state index in [1.165, 1.54) is 37.3 Å². The lowest BCUT2D eigenvalue weighted by Gasteiger charge is -2.33. The third-order valence-corrected chi connectivity index (χ3v) is 5.40. The van der Waals surface area contributed by atoms with Gasteiger partial charge in [-0.05, 0) is 37.8 Å². The first-order chi connectivity index (χ1) is 12.4. The Morgan fingerprint density at radius 3 is 2.96 bits per heavy atom. The van der Waals surface area contributed by atoms with Gasteiger partial charge in [-0.3, -0.25) is 0 Å². The van der Waals surface area contributed by atoms with E-state index in [0.717, 1.165) is 43.9 Å². The van der Waals surface area contributed by atoms with Crippen molar-refractivity contribution in [1.29, 1.82) is 0 Å². The zero-order valence-corrected chi connectivity index (χ0v) is 14.3. The van der Waals surface area contributed by atoms with Crippen molar-refractivity contribution in [2.45, 2.75) is 51.0 Å². The molecular formula is C17H22N8. The molecule has 0 saturated carbocycles. The van der Waals surface area contributed by atoms with Crippen LogP contribution >= 0.6 is 0 Å². The average molecular weight is 338 g/mol. The van der Waals surface area contributed by atoms with Crippen LogP contribution in [-0.2, 0) is 13.0 Å². The molecule has 0 amide bonds. The molecule has 8 nitrogen and oxygen atoms in total. The summed E-state index contributed by atoms with van der Waals surface area (Å²) < 4.78 is 4.12. The molecule has 0 N–H and O–H groups in total. The summed E-state index contributed by atoms with van der Waals surface area (Å²) in [5.41, 5.74) is 0.778. The molecule has 8 heteroatoms. The van der Waals surface area contributed by atoms with Crippen molar-refractivity contribution in [3.63, 3.8) is 0 Å². The van der Waals surface area contributed by atoms with Crippen LogP contribution in [0.3, 0.4) is 0 Å². The minimum absolute atomic E-state index is 0.423. The molecular weight excluding hydrogens is 316 g/mol. The van der Waals surface area contributed by atoms with Crippen LogP contribution in [0.4, 0.5) is 5.82 Å². The normalized spacial score (nSPS) is 21.3. The highest BCUT2D eigenvalue weighted by Gasteiger charge is 2.28. The Morgan fingerprint density at radius 1 is 0.960 bits per heavy atom. The molecule has 1 saturated heterocycles. The van der Waals surface area contributed by atoms with Crippen LogP contribution in [0.25, 0.3) is 5.65 Å². The fourth-order valence-electron chi connectivity index (χ4n) is 4.09. The van der Waals surface area contributed by atoms with E-state index in [0.29, 0.717) is 5.92 Å². The second-order valence-corrected chi connectivity index (χ2v) is 7.05. The number of hydrogen-bond acceptors (Lipinski definition) is 6. The number of fused-ring (bicyclic) bond motifs is 2. The van der Waals surface area contributed by atoms with Crippen LogP contribution in [0, 0.1) is 0 Å². The van der Waals surface area contributed by atoms with Crippen molar-refractivity contribution in [2.75, 3.05) is 18.0 Å². The van der Waals surface area contributed by atoms with Gasteiger partial charge in [0.25, 0.3) is 0 Å². The second kappa shape index (κ2) is 6.09. The van der Waals surface area contributed by atoms with Crippen molar-refractivity contribution < 1.29 is 0 Å². The lowest BCUT2D eigenvalue weighted by atomic mass is 9.97. The summed E-state index contributed by atoms with van der Waals surface area (Å²) in [6.45, 7) is 3.04. The second-order valence-electron chi connectivity index (χ2n) is 7.05. The fourth-order valence-corrected chi connectivity index (χ4v) is 4.09. The summed E-state index contributed by atoms with van der Waals surface area (Å²) in [4.78, 5) is 2.35. The van der Waals surface area contributed by atoms with E-state index in [4.69, 9.17) is 0 Å². The zero-order chi connectivity index (χ0) is 16.6. The molecule has 2 aliphatic heterocycles. The van der Waals surface area contributed by atoms with E-state index >= 15 is 0 Å². The molecule has 0 aliphatic carbocycles. The van der Waals surface area contributed by atoms with Crippen molar-refractivity contribution in [3.8, 4) is 0 Å². The number of aromatic nitrogens is 7. The SMILES string of the molecule is c1cc2nncn2nc1N1CCCC(c2nnc3n2CCCCC3)C1. The molecule has 3 aromatic heterocycles. The quantitative estimate of drug-likeness (QED) is 0.709. The van der Waals surface area contributed by atoms with Crippen molar-refractivity contribution in [3.05, 3.63) is 30.1 Å². The van der Waals surface area contributed by atoms with Gasteiger partial charge in [-0.25, -0.2) is 0 Å². The van der Waals surface area contributed by atoms with Gasteiger partial charge in [0.15, 0.2) is 5.65 Å². The average Bonchev–Trinajstić information content (AvgIpc) is 3.22. The van der Waals surface area contributed by atoms with Gasteiger partial charge in [-0.2, -0.15) is 4.52 Å². The first-order valence-corrected chi connectivity index (χ1v) is 9.22. The van der Waals surface area contributed by atoms with Crippen LogP contribution in [0.1, 0.15) is 49.7 Å². The van der Waals surface area contributed by atoms with E-state index in [1.807, 2.05) is 12.1 Å². The zero-order valence-electron chi connectivity index (χ0n) is 14.3. The molecule has 0 spiro atoms. The summed E-state index contributed by atoms with van der Waals surface area (Å²) in [6, 6.07) is 4.01. The minimum atomic E-state index is 0.423. The molecule has 2 aliphatic rings. The molecule has 0 radical (unpaired) electrons. The van der Waals surface area contributed by atoms with E-state index in [1.54, 1.807) is 10.8 Å². The summed E-state index contributed by atoms with van der Waals surface area (Å²) in [5.74, 6) is 3.75. The number of hydrogen-bond donors (Lipinski definition) is 0.